The smallest absolute Gasteiger partial charge is 0.193 e. The number of nitrogens with zero attached hydrogens (tertiary/aromatic N) is 1. The van der Waals surface area contributed by atoms with Crippen LogP contribution >= 0.6 is 11.6 Å². The molecule has 0 aliphatic rings. The van der Waals surface area contributed by atoms with Gasteiger partial charge in [-0.3, -0.25) is 4.79 Å². The molecule has 2 aromatic heterocycles. The molecule has 0 saturated carbocycles. The molecule has 0 saturated heterocycles. The first-order valence-corrected chi connectivity index (χ1v) is 13.9. The topological polar surface area (TPSA) is 117 Å². The molecule has 0 aliphatic carbocycles. The normalized spacial score (nSPS) is 11.6. The van der Waals surface area contributed by atoms with Gasteiger partial charge in [-0.1, -0.05) is 0 Å². The molecule has 0 amide bonds. The van der Waals surface area contributed by atoms with Crippen LogP contribution in [-0.4, -0.2) is 89.0 Å². The van der Waals surface area contributed by atoms with Gasteiger partial charge in [-0.2, -0.15) is 0 Å². The van der Waals surface area contributed by atoms with E-state index in [1.807, 2.05) is 37.4 Å². The van der Waals surface area contributed by atoms with E-state index < -0.39 is 0 Å². The van der Waals surface area contributed by atoms with Crippen molar-refractivity contribution < 1.29 is 28.1 Å². The van der Waals surface area contributed by atoms with Gasteiger partial charge in [0.05, 0.1) is 77.0 Å². The molecule has 40 heavy (non-hydrogen) atoms. The van der Waals surface area contributed by atoms with E-state index >= 15 is 0 Å². The predicted molar refractivity (Wildman–Crippen MR) is 156 cm³/mol. The summed E-state index contributed by atoms with van der Waals surface area (Å²) in [5, 5.41) is 3.58. The fourth-order valence-corrected chi connectivity index (χ4v) is 4.11. The highest BCUT2D eigenvalue weighted by Gasteiger charge is 2.13. The number of ether oxygens (including phenoxy) is 5. The van der Waals surface area contributed by atoms with Crippen molar-refractivity contribution in [1.82, 2.24) is 9.97 Å². The van der Waals surface area contributed by atoms with Crippen molar-refractivity contribution in [2.75, 3.05) is 84.3 Å². The molecule has 4 rings (SSSR count). The number of fused-ring (bicyclic) bond motifs is 3. The Kier molecular flexibility index (Phi) is 12.2. The molecule has 216 valence electrons. The van der Waals surface area contributed by atoms with E-state index in [0.717, 1.165) is 22.6 Å². The zero-order chi connectivity index (χ0) is 28.0. The third-order valence-corrected chi connectivity index (χ3v) is 6.20. The van der Waals surface area contributed by atoms with Crippen molar-refractivity contribution in [3.8, 4) is 11.3 Å². The van der Waals surface area contributed by atoms with Crippen LogP contribution in [0.25, 0.3) is 33.3 Å². The number of imidazole rings is 1. The average Bonchev–Trinajstić information content (AvgIpc) is 3.40. The van der Waals surface area contributed by atoms with Crippen LogP contribution in [0.2, 0.25) is 0 Å². The number of aromatic amines is 1. The summed E-state index contributed by atoms with van der Waals surface area (Å²) >= 11 is 5.52. The van der Waals surface area contributed by atoms with Gasteiger partial charge in [-0.15, -0.1) is 11.6 Å². The van der Waals surface area contributed by atoms with Gasteiger partial charge in [0.15, 0.2) is 11.0 Å². The molecule has 0 bridgehead atoms. The lowest BCUT2D eigenvalue weighted by Gasteiger charge is -2.07. The summed E-state index contributed by atoms with van der Waals surface area (Å²) < 4.78 is 33.5. The molecule has 0 atom stereocenters. The van der Waals surface area contributed by atoms with E-state index in [0.29, 0.717) is 101 Å². The Morgan fingerprint density at radius 2 is 1.43 bits per heavy atom. The Hall–Kier alpha value is -2.99. The van der Waals surface area contributed by atoms with Gasteiger partial charge in [-0.05, 0) is 36.4 Å². The van der Waals surface area contributed by atoms with Gasteiger partial charge < -0.3 is 38.4 Å². The van der Waals surface area contributed by atoms with Crippen molar-refractivity contribution in [1.29, 1.82) is 0 Å². The van der Waals surface area contributed by atoms with Crippen molar-refractivity contribution in [3.05, 3.63) is 58.5 Å². The van der Waals surface area contributed by atoms with E-state index in [-0.39, 0.29) is 5.43 Å². The number of hydrogen-bond acceptors (Lipinski definition) is 9. The fourth-order valence-electron chi connectivity index (χ4n) is 4.00. The average molecular weight is 574 g/mol. The molecule has 0 radical (unpaired) electrons. The highest BCUT2D eigenvalue weighted by molar-refractivity contribution is 6.17. The second kappa shape index (κ2) is 16.3. The summed E-state index contributed by atoms with van der Waals surface area (Å²) in [5.74, 6) is 1.75. The van der Waals surface area contributed by atoms with E-state index in [1.165, 1.54) is 6.07 Å². The van der Waals surface area contributed by atoms with Gasteiger partial charge in [-0.25, -0.2) is 4.98 Å². The van der Waals surface area contributed by atoms with Gasteiger partial charge >= 0.3 is 0 Å². The van der Waals surface area contributed by atoms with E-state index in [1.54, 1.807) is 6.07 Å². The Labute approximate surface area is 237 Å². The zero-order valence-electron chi connectivity index (χ0n) is 22.7. The molecule has 2 N–H and O–H groups in total. The Bertz CT molecular complexity index is 1370. The Balaban J connectivity index is 1.17. The lowest BCUT2D eigenvalue weighted by molar-refractivity contribution is -0.00993. The van der Waals surface area contributed by atoms with Crippen molar-refractivity contribution in [3.63, 3.8) is 0 Å². The van der Waals surface area contributed by atoms with Crippen molar-refractivity contribution >= 4 is 39.3 Å². The molecule has 2 aromatic carbocycles. The molecule has 2 heterocycles. The van der Waals surface area contributed by atoms with Gasteiger partial charge in [0, 0.05) is 36.7 Å². The summed E-state index contributed by atoms with van der Waals surface area (Å²) in [6.07, 6.45) is 0.589. The first kappa shape index (κ1) is 30.0. The van der Waals surface area contributed by atoms with E-state index in [9.17, 15) is 4.79 Å². The molecule has 0 unspecified atom stereocenters. The number of alkyl halides is 1. The standard InChI is InChI=1S/C29H36ClN3O7/c1-31-22-4-2-21(3-5-22)26-20-25(34)23-6-7-24-28(29(23)40-26)33-27(32-24)8-10-35-12-14-37-16-18-39-19-17-38-15-13-36-11-9-30/h2-7,20,31H,8-19H2,1H3,(H,32,33). The molecular formula is C29H36ClN3O7. The number of halogens is 1. The lowest BCUT2D eigenvalue weighted by Crippen LogP contribution is -2.13. The van der Waals surface area contributed by atoms with Crippen LogP contribution < -0.4 is 10.7 Å². The van der Waals surface area contributed by atoms with Crippen molar-refractivity contribution in [2.45, 2.75) is 6.42 Å². The zero-order valence-corrected chi connectivity index (χ0v) is 23.5. The SMILES string of the molecule is CNc1ccc(-c2cc(=O)c3ccc4[nH]c(CCOCCOCCOCCOCCOCCCl)nc4c3o2)cc1. The van der Waals surface area contributed by atoms with E-state index in [4.69, 9.17) is 44.7 Å². The van der Waals surface area contributed by atoms with Crippen LogP contribution in [0, 0.1) is 0 Å². The largest absolute Gasteiger partial charge is 0.453 e. The number of H-pyrrole nitrogens is 1. The maximum Gasteiger partial charge on any atom is 0.193 e. The quantitative estimate of drug-likeness (QED) is 0.125. The summed E-state index contributed by atoms with van der Waals surface area (Å²) in [7, 11) is 1.86. The van der Waals surface area contributed by atoms with Crippen LogP contribution in [0.3, 0.4) is 0 Å². The van der Waals surface area contributed by atoms with Crippen LogP contribution in [-0.2, 0) is 30.1 Å². The number of aromatic nitrogens is 2. The molecular weight excluding hydrogens is 538 g/mol. The van der Waals surface area contributed by atoms with Crippen LogP contribution in [0.5, 0.6) is 0 Å². The van der Waals surface area contributed by atoms with E-state index in [2.05, 4.69) is 10.3 Å². The Morgan fingerprint density at radius 1 is 0.825 bits per heavy atom. The minimum absolute atomic E-state index is 0.105. The summed E-state index contributed by atoms with van der Waals surface area (Å²) in [6.45, 7) is 5.05. The third kappa shape index (κ3) is 8.76. The summed E-state index contributed by atoms with van der Waals surface area (Å²) in [4.78, 5) is 20.8. The van der Waals surface area contributed by atoms with Crippen LogP contribution in [0.4, 0.5) is 5.69 Å². The maximum atomic E-state index is 12.8. The first-order valence-electron chi connectivity index (χ1n) is 13.4. The number of nitrogens with one attached hydrogen (secondary N) is 2. The highest BCUT2D eigenvalue weighted by Crippen LogP contribution is 2.27. The van der Waals surface area contributed by atoms with Gasteiger partial charge in [0.25, 0.3) is 0 Å². The maximum absolute atomic E-state index is 12.8. The predicted octanol–water partition coefficient (Wildman–Crippen LogP) is 4.24. The molecule has 0 aliphatic heterocycles. The summed E-state index contributed by atoms with van der Waals surface area (Å²) in [5.41, 5.74) is 3.61. The van der Waals surface area contributed by atoms with Gasteiger partial charge in [0.2, 0.25) is 0 Å². The number of hydrogen-bond donors (Lipinski definition) is 2. The minimum Gasteiger partial charge on any atom is -0.453 e. The number of rotatable bonds is 19. The number of benzene rings is 2. The van der Waals surface area contributed by atoms with Crippen molar-refractivity contribution in [2.24, 2.45) is 0 Å². The lowest BCUT2D eigenvalue weighted by atomic mass is 10.1. The summed E-state index contributed by atoms with van der Waals surface area (Å²) in [6, 6.07) is 12.9. The van der Waals surface area contributed by atoms with Crippen LogP contribution in [0.1, 0.15) is 5.82 Å². The molecule has 11 heteroatoms. The minimum atomic E-state index is -0.105. The second-order valence-electron chi connectivity index (χ2n) is 8.83. The number of anilines is 1. The molecule has 10 nitrogen and oxygen atoms in total. The highest BCUT2D eigenvalue weighted by atomic mass is 35.5. The first-order chi connectivity index (χ1) is 19.7. The Morgan fingerprint density at radius 3 is 2.02 bits per heavy atom. The molecule has 4 aromatic rings. The fraction of sp³-hybridized carbons (Fsp3) is 0.448. The van der Waals surface area contributed by atoms with Crippen LogP contribution in [0.15, 0.2) is 51.7 Å². The third-order valence-electron chi connectivity index (χ3n) is 6.05. The monoisotopic (exact) mass is 573 g/mol. The molecule has 0 spiro atoms. The second-order valence-corrected chi connectivity index (χ2v) is 9.20. The molecule has 0 fully saturated rings. The van der Waals surface area contributed by atoms with Gasteiger partial charge in [0.1, 0.15) is 17.1 Å².